The standard InChI is InChI=1S/C26H36N2O5/c1-17(25(31)27-8-7-18-3-5-22(32-2)6-4-18)33-24(30)16-28-23(29)15-26-12-19-9-20(13-26)11-21(10-19)14-26/h3-6,17,19-21H,7-16H2,1-2H3,(H,27,31)(H,28,29). The van der Waals surface area contributed by atoms with Gasteiger partial charge in [-0.3, -0.25) is 14.4 Å². The first-order valence-corrected chi connectivity index (χ1v) is 12.2. The summed E-state index contributed by atoms with van der Waals surface area (Å²) in [6, 6.07) is 7.64. The zero-order chi connectivity index (χ0) is 23.4. The molecule has 7 heteroatoms. The number of carbonyl (C=O) groups is 3. The van der Waals surface area contributed by atoms with Gasteiger partial charge >= 0.3 is 5.97 Å². The van der Waals surface area contributed by atoms with Crippen molar-refractivity contribution in [1.82, 2.24) is 10.6 Å². The molecule has 1 unspecified atom stereocenters. The average molecular weight is 457 g/mol. The first kappa shape index (κ1) is 23.6. The van der Waals surface area contributed by atoms with Gasteiger partial charge in [-0.1, -0.05) is 12.1 Å². The molecule has 4 aliphatic carbocycles. The molecule has 4 saturated carbocycles. The van der Waals surface area contributed by atoms with Crippen molar-refractivity contribution in [3.63, 3.8) is 0 Å². The lowest BCUT2D eigenvalue weighted by Gasteiger charge is -2.56. The summed E-state index contributed by atoms with van der Waals surface area (Å²) in [6.07, 6.45) is 7.75. The van der Waals surface area contributed by atoms with Crippen molar-refractivity contribution in [1.29, 1.82) is 0 Å². The Hall–Kier alpha value is -2.57. The summed E-state index contributed by atoms with van der Waals surface area (Å²) in [6.45, 7) is 1.78. The van der Waals surface area contributed by atoms with Crippen molar-refractivity contribution in [2.24, 2.45) is 23.2 Å². The summed E-state index contributed by atoms with van der Waals surface area (Å²) < 4.78 is 10.3. The lowest BCUT2D eigenvalue weighted by Crippen LogP contribution is -2.48. The number of amides is 2. The van der Waals surface area contributed by atoms with Crippen LogP contribution >= 0.6 is 0 Å². The highest BCUT2D eigenvalue weighted by Gasteiger charge is 2.51. The number of esters is 1. The molecule has 2 amide bonds. The molecule has 7 nitrogen and oxygen atoms in total. The molecule has 0 saturated heterocycles. The lowest BCUT2D eigenvalue weighted by atomic mass is 9.49. The van der Waals surface area contributed by atoms with Crippen LogP contribution in [0.5, 0.6) is 5.75 Å². The lowest BCUT2D eigenvalue weighted by molar-refractivity contribution is -0.154. The van der Waals surface area contributed by atoms with Crippen molar-refractivity contribution >= 4 is 17.8 Å². The monoisotopic (exact) mass is 456 g/mol. The third-order valence-corrected chi connectivity index (χ3v) is 7.68. The van der Waals surface area contributed by atoms with E-state index in [1.54, 1.807) is 7.11 Å². The van der Waals surface area contributed by atoms with E-state index in [0.29, 0.717) is 19.4 Å². The number of hydrogen-bond donors (Lipinski definition) is 2. The molecule has 0 heterocycles. The second kappa shape index (κ2) is 10.1. The number of rotatable bonds is 10. The summed E-state index contributed by atoms with van der Waals surface area (Å²) >= 11 is 0. The summed E-state index contributed by atoms with van der Waals surface area (Å²) in [5, 5.41) is 5.50. The number of hydrogen-bond acceptors (Lipinski definition) is 5. The minimum Gasteiger partial charge on any atom is -0.497 e. The zero-order valence-corrected chi connectivity index (χ0v) is 19.7. The molecule has 4 aliphatic rings. The number of carbonyl (C=O) groups excluding carboxylic acids is 3. The number of ether oxygens (including phenoxy) is 2. The van der Waals surface area contributed by atoms with E-state index < -0.39 is 12.1 Å². The molecule has 0 spiro atoms. The van der Waals surface area contributed by atoms with Crippen molar-refractivity contribution in [2.75, 3.05) is 20.2 Å². The number of benzene rings is 1. The normalized spacial score (nSPS) is 28.1. The first-order chi connectivity index (χ1) is 15.8. The van der Waals surface area contributed by atoms with Crippen LogP contribution in [0, 0.1) is 23.2 Å². The van der Waals surface area contributed by atoms with Gasteiger partial charge in [0, 0.05) is 13.0 Å². The van der Waals surface area contributed by atoms with E-state index in [4.69, 9.17) is 9.47 Å². The van der Waals surface area contributed by atoms with Crippen LogP contribution < -0.4 is 15.4 Å². The second-order valence-electron chi connectivity index (χ2n) is 10.4. The van der Waals surface area contributed by atoms with Gasteiger partial charge in [0.2, 0.25) is 5.91 Å². The molecule has 33 heavy (non-hydrogen) atoms. The summed E-state index contributed by atoms with van der Waals surface area (Å²) in [4.78, 5) is 36.9. The fraction of sp³-hybridized carbons (Fsp3) is 0.654. The molecular weight excluding hydrogens is 420 g/mol. The van der Waals surface area contributed by atoms with Crippen LogP contribution in [0.4, 0.5) is 0 Å². The summed E-state index contributed by atoms with van der Waals surface area (Å²) in [7, 11) is 1.62. The van der Waals surface area contributed by atoms with Crippen molar-refractivity contribution in [3.05, 3.63) is 29.8 Å². The van der Waals surface area contributed by atoms with Gasteiger partial charge in [-0.25, -0.2) is 0 Å². The SMILES string of the molecule is COc1ccc(CCNC(=O)C(C)OC(=O)CNC(=O)CC23CC4CC(CC(C4)C2)C3)cc1. The third kappa shape index (κ3) is 6.06. The third-order valence-electron chi connectivity index (χ3n) is 7.68. The summed E-state index contributed by atoms with van der Waals surface area (Å²) in [5.41, 5.74) is 1.21. The predicted octanol–water partition coefficient (Wildman–Crippen LogP) is 3.01. The molecule has 4 fully saturated rings. The van der Waals surface area contributed by atoms with Crippen LogP contribution in [0.2, 0.25) is 0 Å². The van der Waals surface area contributed by atoms with Crippen LogP contribution in [-0.4, -0.2) is 44.1 Å². The van der Waals surface area contributed by atoms with Gasteiger partial charge in [0.05, 0.1) is 7.11 Å². The Morgan fingerprint density at radius 2 is 1.61 bits per heavy atom. The maximum Gasteiger partial charge on any atom is 0.326 e. The molecule has 180 valence electrons. The van der Waals surface area contributed by atoms with Crippen LogP contribution in [0.3, 0.4) is 0 Å². The molecule has 1 aromatic carbocycles. The van der Waals surface area contributed by atoms with Crippen LogP contribution in [0.25, 0.3) is 0 Å². The largest absolute Gasteiger partial charge is 0.497 e. The Balaban J connectivity index is 1.13. The molecule has 4 bridgehead atoms. The maximum atomic E-state index is 12.6. The van der Waals surface area contributed by atoms with Gasteiger partial charge < -0.3 is 20.1 Å². The van der Waals surface area contributed by atoms with Crippen LogP contribution in [0.1, 0.15) is 57.4 Å². The fourth-order valence-corrected chi connectivity index (χ4v) is 6.64. The second-order valence-corrected chi connectivity index (χ2v) is 10.4. The Morgan fingerprint density at radius 1 is 1.00 bits per heavy atom. The van der Waals surface area contributed by atoms with E-state index in [2.05, 4.69) is 10.6 Å². The fourth-order valence-electron chi connectivity index (χ4n) is 6.64. The van der Waals surface area contributed by atoms with Gasteiger partial charge in [-0.15, -0.1) is 0 Å². The van der Waals surface area contributed by atoms with Crippen molar-refractivity contribution in [2.45, 2.75) is 64.4 Å². The molecule has 1 aromatic rings. The van der Waals surface area contributed by atoms with E-state index in [9.17, 15) is 14.4 Å². The van der Waals surface area contributed by atoms with E-state index in [1.165, 1.54) is 26.2 Å². The molecular formula is C26H36N2O5. The molecule has 1 atom stereocenters. The van der Waals surface area contributed by atoms with Gasteiger partial charge in [-0.2, -0.15) is 0 Å². The van der Waals surface area contributed by atoms with Crippen molar-refractivity contribution in [3.8, 4) is 5.75 Å². The predicted molar refractivity (Wildman–Crippen MR) is 123 cm³/mol. The van der Waals surface area contributed by atoms with E-state index in [1.807, 2.05) is 24.3 Å². The zero-order valence-electron chi connectivity index (χ0n) is 19.7. The molecule has 2 N–H and O–H groups in total. The number of nitrogens with one attached hydrogen (secondary N) is 2. The van der Waals surface area contributed by atoms with Crippen molar-refractivity contribution < 1.29 is 23.9 Å². The average Bonchev–Trinajstić information content (AvgIpc) is 2.77. The van der Waals surface area contributed by atoms with Gasteiger partial charge in [0.25, 0.3) is 5.91 Å². The van der Waals surface area contributed by atoms with Gasteiger partial charge in [0.1, 0.15) is 12.3 Å². The maximum absolute atomic E-state index is 12.6. The Kier molecular flexibility index (Phi) is 7.25. The Morgan fingerprint density at radius 3 is 2.18 bits per heavy atom. The van der Waals surface area contributed by atoms with E-state index in [0.717, 1.165) is 48.3 Å². The highest BCUT2D eigenvalue weighted by Crippen LogP contribution is 2.61. The molecule has 0 aliphatic heterocycles. The van der Waals surface area contributed by atoms with Crippen LogP contribution in [-0.2, 0) is 25.5 Å². The minimum absolute atomic E-state index is 0.0782. The van der Waals surface area contributed by atoms with E-state index >= 15 is 0 Å². The smallest absolute Gasteiger partial charge is 0.326 e. The topological polar surface area (TPSA) is 93.7 Å². The first-order valence-electron chi connectivity index (χ1n) is 12.2. The highest BCUT2D eigenvalue weighted by molar-refractivity contribution is 5.86. The van der Waals surface area contributed by atoms with E-state index in [-0.39, 0.29) is 23.8 Å². The molecule has 0 radical (unpaired) electrons. The minimum atomic E-state index is -0.909. The molecule has 0 aromatic heterocycles. The van der Waals surface area contributed by atoms with Gasteiger partial charge in [0.15, 0.2) is 6.10 Å². The quantitative estimate of drug-likeness (QED) is 0.528. The number of methoxy groups -OCH3 is 1. The molecule has 5 rings (SSSR count). The highest BCUT2D eigenvalue weighted by atomic mass is 16.5. The Bertz CT molecular complexity index is 831. The van der Waals surface area contributed by atoms with Crippen LogP contribution in [0.15, 0.2) is 24.3 Å². The van der Waals surface area contributed by atoms with Gasteiger partial charge in [-0.05, 0) is 92.7 Å². The summed E-state index contributed by atoms with van der Waals surface area (Å²) in [5.74, 6) is 2.14. The Labute approximate surface area is 196 Å².